The topological polar surface area (TPSA) is 83.8 Å². The predicted octanol–water partition coefficient (Wildman–Crippen LogP) is 4.93. The predicted molar refractivity (Wildman–Crippen MR) is 122 cm³/mol. The number of carbonyl (C=O) groups is 2. The molecule has 3 saturated carbocycles. The van der Waals surface area contributed by atoms with Crippen LogP contribution in [-0.4, -0.2) is 38.7 Å². The Morgan fingerprint density at radius 1 is 1.30 bits per heavy atom. The van der Waals surface area contributed by atoms with Gasteiger partial charge in [0.05, 0.1) is 12.0 Å². The third-order valence-corrected chi connectivity index (χ3v) is 9.60. The summed E-state index contributed by atoms with van der Waals surface area (Å²) in [5.74, 6) is -5.74. The molecule has 3 fully saturated rings. The van der Waals surface area contributed by atoms with E-state index in [0.29, 0.717) is 24.8 Å². The number of aliphatic hydroxyl groups is 2. The molecule has 33 heavy (non-hydrogen) atoms. The zero-order chi connectivity index (χ0) is 24.7. The van der Waals surface area contributed by atoms with E-state index in [-0.39, 0.29) is 24.2 Å². The molecular formula is C25H32F2O5S. The number of esters is 1. The van der Waals surface area contributed by atoms with Gasteiger partial charge in [-0.2, -0.15) is 4.39 Å². The molecule has 2 N–H and O–H groups in total. The van der Waals surface area contributed by atoms with Gasteiger partial charge in [0.1, 0.15) is 5.83 Å². The summed E-state index contributed by atoms with van der Waals surface area (Å²) in [5.41, 5.74) is -3.25. The summed E-state index contributed by atoms with van der Waals surface area (Å²) in [5, 5.41) is 21.8. The minimum atomic E-state index is -1.46. The van der Waals surface area contributed by atoms with Gasteiger partial charge in [0.25, 0.3) is 0 Å². The molecule has 182 valence electrons. The summed E-state index contributed by atoms with van der Waals surface area (Å²) >= 11 is 5.27. The van der Waals surface area contributed by atoms with Gasteiger partial charge in [0.2, 0.25) is 16.7 Å². The molecule has 4 rings (SSSR count). The molecule has 0 aromatic carbocycles. The lowest BCUT2D eigenvalue weighted by molar-refractivity contribution is -0.189. The standard InChI is InChI=1S/C25H32F2O5S/c1-11(2)21(30)32-25(22(31)33)12(3)8-15-14-7-6-13-9-16(28)19(26)20(27)24(13,5)18(14)17(29)10-23(15,25)4/h9,11-12,14-15,17-18,29H,6-8,10H2,1-5H3,(H,31,33)/t12-,14+,15+,17+,18-,23+,24+,25+/m1/s1. The van der Waals surface area contributed by atoms with Crippen molar-refractivity contribution in [2.45, 2.75) is 72.0 Å². The highest BCUT2D eigenvalue weighted by Crippen LogP contribution is 2.70. The van der Waals surface area contributed by atoms with Crippen molar-refractivity contribution in [1.29, 1.82) is 0 Å². The van der Waals surface area contributed by atoms with Gasteiger partial charge in [-0.1, -0.05) is 33.3 Å². The summed E-state index contributed by atoms with van der Waals surface area (Å²) < 4.78 is 35.8. The van der Waals surface area contributed by atoms with E-state index in [0.717, 1.165) is 0 Å². The molecule has 0 saturated heterocycles. The number of ether oxygens (including phenoxy) is 1. The molecule has 0 radical (unpaired) electrons. The zero-order valence-electron chi connectivity index (χ0n) is 19.7. The maximum atomic E-state index is 15.4. The quantitative estimate of drug-likeness (QED) is 0.438. The van der Waals surface area contributed by atoms with Crippen molar-refractivity contribution in [3.8, 4) is 0 Å². The van der Waals surface area contributed by atoms with E-state index in [1.54, 1.807) is 20.8 Å². The van der Waals surface area contributed by atoms with Gasteiger partial charge in [0, 0.05) is 22.7 Å². The smallest absolute Gasteiger partial charge is 0.309 e. The van der Waals surface area contributed by atoms with Crippen LogP contribution in [0, 0.1) is 40.4 Å². The first-order chi connectivity index (χ1) is 15.2. The van der Waals surface area contributed by atoms with Gasteiger partial charge in [-0.3, -0.25) is 9.59 Å². The summed E-state index contributed by atoms with van der Waals surface area (Å²) in [6, 6.07) is 0. The van der Waals surface area contributed by atoms with Crippen LogP contribution in [0.25, 0.3) is 0 Å². The van der Waals surface area contributed by atoms with Gasteiger partial charge in [0.15, 0.2) is 5.60 Å². The second-order valence-electron chi connectivity index (χ2n) is 11.1. The molecule has 4 aliphatic rings. The van der Waals surface area contributed by atoms with Crippen LogP contribution < -0.4 is 0 Å². The number of ketones is 1. The van der Waals surface area contributed by atoms with Crippen molar-refractivity contribution in [1.82, 2.24) is 0 Å². The summed E-state index contributed by atoms with van der Waals surface area (Å²) in [6.07, 6.45) is 1.74. The third kappa shape index (κ3) is 2.98. The van der Waals surface area contributed by atoms with Gasteiger partial charge in [-0.25, -0.2) is 4.39 Å². The fourth-order valence-electron chi connectivity index (χ4n) is 7.74. The van der Waals surface area contributed by atoms with E-state index >= 15 is 4.39 Å². The maximum absolute atomic E-state index is 15.4. The van der Waals surface area contributed by atoms with Crippen LogP contribution in [-0.2, 0) is 14.3 Å². The number of aliphatic hydroxyl groups excluding tert-OH is 2. The first-order valence-corrected chi connectivity index (χ1v) is 12.1. The van der Waals surface area contributed by atoms with E-state index in [2.05, 4.69) is 0 Å². The van der Waals surface area contributed by atoms with Crippen LogP contribution in [0.15, 0.2) is 23.3 Å². The average molecular weight is 483 g/mol. The fourth-order valence-corrected chi connectivity index (χ4v) is 8.22. The molecule has 0 aromatic rings. The molecule has 0 bridgehead atoms. The van der Waals surface area contributed by atoms with Gasteiger partial charge in [-0.15, -0.1) is 0 Å². The second-order valence-corrected chi connectivity index (χ2v) is 11.5. The summed E-state index contributed by atoms with van der Waals surface area (Å²) in [6.45, 7) is 8.72. The number of carbonyl (C=O) groups excluding carboxylic acids is 2. The lowest BCUT2D eigenvalue weighted by atomic mass is 9.46. The number of fused-ring (bicyclic) bond motifs is 5. The number of rotatable bonds is 3. The molecule has 0 heterocycles. The monoisotopic (exact) mass is 482 g/mol. The van der Waals surface area contributed by atoms with E-state index in [9.17, 15) is 24.2 Å². The minimum Gasteiger partial charge on any atom is -0.499 e. The van der Waals surface area contributed by atoms with Crippen molar-refractivity contribution < 1.29 is 33.3 Å². The van der Waals surface area contributed by atoms with E-state index < -0.39 is 62.8 Å². The molecule has 8 atom stereocenters. The number of halogens is 2. The van der Waals surface area contributed by atoms with E-state index in [1.165, 1.54) is 6.08 Å². The lowest BCUT2D eigenvalue weighted by Gasteiger charge is -2.60. The Morgan fingerprint density at radius 3 is 2.52 bits per heavy atom. The number of hydrogen-bond donors (Lipinski definition) is 2. The van der Waals surface area contributed by atoms with Crippen LogP contribution in [0.2, 0.25) is 0 Å². The first kappa shape index (κ1) is 24.5. The maximum Gasteiger partial charge on any atom is 0.309 e. The number of thiocarbonyl (C=S) groups is 1. The van der Waals surface area contributed by atoms with Crippen LogP contribution in [0.1, 0.15) is 60.3 Å². The molecule has 5 nitrogen and oxygen atoms in total. The average Bonchev–Trinajstić information content (AvgIpc) is 2.94. The van der Waals surface area contributed by atoms with Crippen LogP contribution in [0.4, 0.5) is 8.78 Å². The largest absolute Gasteiger partial charge is 0.499 e. The van der Waals surface area contributed by atoms with E-state index in [4.69, 9.17) is 17.0 Å². The zero-order valence-corrected chi connectivity index (χ0v) is 20.5. The Morgan fingerprint density at radius 2 is 1.94 bits per heavy atom. The number of allylic oxidation sites excluding steroid dienone is 4. The minimum absolute atomic E-state index is 0.0982. The van der Waals surface area contributed by atoms with Crippen molar-refractivity contribution in [3.05, 3.63) is 23.3 Å². The summed E-state index contributed by atoms with van der Waals surface area (Å²) in [4.78, 5) is 24.6. The van der Waals surface area contributed by atoms with Gasteiger partial charge >= 0.3 is 5.97 Å². The Balaban J connectivity index is 1.82. The van der Waals surface area contributed by atoms with Gasteiger partial charge in [-0.05, 0) is 62.7 Å². The molecule has 0 aliphatic heterocycles. The number of hydrogen-bond acceptors (Lipinski definition) is 5. The molecule has 0 amide bonds. The SMILES string of the molecule is CC(C)C(=O)O[C@]1(C(O)=S)[C@H](C)C[C@H]2[C@@H]3CCC4=CC(=O)C(F)=C(F)[C@]4(C)[C@H]3[C@@H](O)C[C@@]21C. The highest BCUT2D eigenvalue weighted by atomic mass is 32.1. The van der Waals surface area contributed by atoms with Crippen molar-refractivity contribution in [3.63, 3.8) is 0 Å². The Labute approximate surface area is 198 Å². The van der Waals surface area contributed by atoms with Crippen molar-refractivity contribution >= 4 is 29.0 Å². The molecular weight excluding hydrogens is 450 g/mol. The second kappa shape index (κ2) is 7.67. The van der Waals surface area contributed by atoms with E-state index in [1.807, 2.05) is 13.8 Å². The summed E-state index contributed by atoms with van der Waals surface area (Å²) in [7, 11) is 0. The highest BCUT2D eigenvalue weighted by molar-refractivity contribution is 7.80. The van der Waals surface area contributed by atoms with Crippen LogP contribution in [0.3, 0.4) is 0 Å². The Hall–Kier alpha value is -1.67. The highest BCUT2D eigenvalue weighted by Gasteiger charge is 2.73. The molecule has 0 spiro atoms. The van der Waals surface area contributed by atoms with Crippen molar-refractivity contribution in [2.75, 3.05) is 0 Å². The van der Waals surface area contributed by atoms with Crippen LogP contribution in [0.5, 0.6) is 0 Å². The normalized spacial score (nSPS) is 44.7. The van der Waals surface area contributed by atoms with Crippen LogP contribution >= 0.6 is 12.2 Å². The molecule has 4 aliphatic carbocycles. The molecule has 0 unspecified atom stereocenters. The Bertz CT molecular complexity index is 989. The Kier molecular flexibility index (Phi) is 5.68. The van der Waals surface area contributed by atoms with Crippen molar-refractivity contribution in [2.24, 2.45) is 40.4 Å². The lowest BCUT2D eigenvalue weighted by Crippen LogP contribution is -2.63. The fraction of sp³-hybridized carbons (Fsp3) is 0.720. The molecule has 8 heteroatoms. The third-order valence-electron chi connectivity index (χ3n) is 9.30. The first-order valence-electron chi connectivity index (χ1n) is 11.7. The molecule has 0 aromatic heterocycles. The van der Waals surface area contributed by atoms with Gasteiger partial charge < -0.3 is 14.9 Å².